The molecule has 1 saturated heterocycles. The monoisotopic (exact) mass is 326 g/mol. The lowest BCUT2D eigenvalue weighted by Gasteiger charge is -2.37. The fraction of sp³-hybridized carbons (Fsp3) is 0.450. The number of rotatable bonds is 5. The molecular formula is C20H26N2O2. The van der Waals surface area contributed by atoms with E-state index in [0.717, 1.165) is 49.5 Å². The Morgan fingerprint density at radius 2 is 2.00 bits per heavy atom. The Balaban J connectivity index is 1.60. The van der Waals surface area contributed by atoms with Crippen LogP contribution in [0.3, 0.4) is 0 Å². The zero-order chi connectivity index (χ0) is 17.0. The lowest BCUT2D eigenvalue weighted by molar-refractivity contribution is -0.0228. The summed E-state index contributed by atoms with van der Waals surface area (Å²) in [6.07, 6.45) is 4.22. The van der Waals surface area contributed by atoms with Crippen molar-refractivity contribution in [1.82, 2.24) is 10.1 Å². The molecule has 0 bridgehead atoms. The number of hydrogen-bond donors (Lipinski definition) is 1. The third-order valence-corrected chi connectivity index (χ3v) is 4.88. The number of allylic oxidation sites excluding steroid dienone is 1. The van der Waals surface area contributed by atoms with E-state index in [1.807, 2.05) is 36.4 Å². The molecule has 2 aromatic rings. The van der Waals surface area contributed by atoms with Gasteiger partial charge >= 0.3 is 0 Å². The van der Waals surface area contributed by atoms with Crippen LogP contribution in [0.1, 0.15) is 32.4 Å². The first kappa shape index (κ1) is 16.9. The molecule has 4 heteroatoms. The van der Waals surface area contributed by atoms with Gasteiger partial charge in [-0.05, 0) is 26.7 Å². The van der Waals surface area contributed by atoms with Crippen LogP contribution >= 0.6 is 0 Å². The van der Waals surface area contributed by atoms with Gasteiger partial charge in [0.2, 0.25) is 0 Å². The molecule has 0 amide bonds. The number of nitrogens with zero attached hydrogens (tertiary/aromatic N) is 2. The summed E-state index contributed by atoms with van der Waals surface area (Å²) < 4.78 is 5.46. The Labute approximate surface area is 143 Å². The topological polar surface area (TPSA) is 49.5 Å². The van der Waals surface area contributed by atoms with Crippen LogP contribution < -0.4 is 0 Å². The summed E-state index contributed by atoms with van der Waals surface area (Å²) in [6, 6.07) is 11.9. The highest BCUT2D eigenvalue weighted by molar-refractivity contribution is 5.58. The van der Waals surface area contributed by atoms with E-state index in [9.17, 15) is 5.11 Å². The average Bonchev–Trinajstić information content (AvgIpc) is 3.06. The predicted molar refractivity (Wildman–Crippen MR) is 95.7 cm³/mol. The smallest absolute Gasteiger partial charge is 0.140 e. The van der Waals surface area contributed by atoms with Gasteiger partial charge in [-0.15, -0.1) is 0 Å². The van der Waals surface area contributed by atoms with Crippen LogP contribution in [-0.2, 0) is 6.42 Å². The van der Waals surface area contributed by atoms with E-state index in [1.54, 1.807) is 0 Å². The van der Waals surface area contributed by atoms with Crippen molar-refractivity contribution >= 4 is 0 Å². The van der Waals surface area contributed by atoms with Crippen LogP contribution in [0, 0.1) is 0 Å². The fourth-order valence-electron chi connectivity index (χ4n) is 3.21. The highest BCUT2D eigenvalue weighted by Crippen LogP contribution is 2.28. The van der Waals surface area contributed by atoms with Gasteiger partial charge in [0, 0.05) is 37.7 Å². The van der Waals surface area contributed by atoms with Crippen molar-refractivity contribution < 1.29 is 9.63 Å². The average molecular weight is 326 g/mol. The van der Waals surface area contributed by atoms with E-state index < -0.39 is 5.60 Å². The SMILES string of the molecule is C/C=C(\C)CN1CCC(O)(Cc2cc(-c3ccccc3)no2)CC1. The Morgan fingerprint density at radius 1 is 1.29 bits per heavy atom. The number of likely N-dealkylation sites (tertiary alicyclic amines) is 1. The number of piperidine rings is 1. The summed E-state index contributed by atoms with van der Waals surface area (Å²) in [4.78, 5) is 2.40. The van der Waals surface area contributed by atoms with Gasteiger partial charge in [0.1, 0.15) is 11.5 Å². The minimum Gasteiger partial charge on any atom is -0.389 e. The zero-order valence-electron chi connectivity index (χ0n) is 14.5. The Morgan fingerprint density at radius 3 is 2.67 bits per heavy atom. The van der Waals surface area contributed by atoms with Crippen molar-refractivity contribution in [1.29, 1.82) is 0 Å². The van der Waals surface area contributed by atoms with E-state index in [4.69, 9.17) is 4.52 Å². The van der Waals surface area contributed by atoms with E-state index >= 15 is 0 Å². The number of benzene rings is 1. The molecule has 1 aliphatic heterocycles. The van der Waals surface area contributed by atoms with Gasteiger partial charge in [-0.1, -0.05) is 47.1 Å². The van der Waals surface area contributed by atoms with Gasteiger partial charge in [0.05, 0.1) is 5.60 Å². The third kappa shape index (κ3) is 4.13. The maximum Gasteiger partial charge on any atom is 0.140 e. The quantitative estimate of drug-likeness (QED) is 0.852. The molecular weight excluding hydrogens is 300 g/mol. The van der Waals surface area contributed by atoms with E-state index in [1.165, 1.54) is 5.57 Å². The van der Waals surface area contributed by atoms with Gasteiger partial charge in [0.15, 0.2) is 0 Å². The summed E-state index contributed by atoms with van der Waals surface area (Å²) in [5.41, 5.74) is 2.56. The zero-order valence-corrected chi connectivity index (χ0v) is 14.5. The number of aromatic nitrogens is 1. The normalized spacial score (nSPS) is 18.7. The summed E-state index contributed by atoms with van der Waals surface area (Å²) in [5, 5.41) is 15.0. The van der Waals surface area contributed by atoms with E-state index in [0.29, 0.717) is 6.42 Å². The van der Waals surface area contributed by atoms with Gasteiger partial charge in [-0.25, -0.2) is 0 Å². The van der Waals surface area contributed by atoms with Crippen molar-refractivity contribution in [3.8, 4) is 11.3 Å². The van der Waals surface area contributed by atoms with Gasteiger partial charge in [-0.3, -0.25) is 4.90 Å². The molecule has 0 aliphatic carbocycles. The second-order valence-corrected chi connectivity index (χ2v) is 6.86. The van der Waals surface area contributed by atoms with Crippen LogP contribution in [0.15, 0.2) is 52.6 Å². The molecule has 128 valence electrons. The first-order valence-corrected chi connectivity index (χ1v) is 8.65. The highest BCUT2D eigenvalue weighted by atomic mass is 16.5. The summed E-state index contributed by atoms with van der Waals surface area (Å²) >= 11 is 0. The molecule has 0 spiro atoms. The van der Waals surface area contributed by atoms with Crippen molar-refractivity contribution in [2.24, 2.45) is 0 Å². The molecule has 1 aliphatic rings. The third-order valence-electron chi connectivity index (χ3n) is 4.88. The Bertz CT molecular complexity index is 683. The fourth-order valence-corrected chi connectivity index (χ4v) is 3.21. The molecule has 2 heterocycles. The lowest BCUT2D eigenvalue weighted by Crippen LogP contribution is -2.46. The molecule has 0 unspecified atom stereocenters. The molecule has 1 aromatic heterocycles. The first-order valence-electron chi connectivity index (χ1n) is 8.65. The lowest BCUT2D eigenvalue weighted by atomic mass is 9.87. The molecule has 4 nitrogen and oxygen atoms in total. The molecule has 0 saturated carbocycles. The molecule has 1 aromatic carbocycles. The second-order valence-electron chi connectivity index (χ2n) is 6.86. The van der Waals surface area contributed by atoms with Crippen LogP contribution in [-0.4, -0.2) is 40.4 Å². The molecule has 0 radical (unpaired) electrons. The van der Waals surface area contributed by atoms with Crippen molar-refractivity contribution in [3.05, 3.63) is 53.8 Å². The maximum atomic E-state index is 10.9. The minimum atomic E-state index is -0.687. The highest BCUT2D eigenvalue weighted by Gasteiger charge is 2.33. The van der Waals surface area contributed by atoms with Gasteiger partial charge in [-0.2, -0.15) is 0 Å². The molecule has 0 atom stereocenters. The molecule has 24 heavy (non-hydrogen) atoms. The standard InChI is InChI=1S/C20H26N2O2/c1-3-16(2)15-22-11-9-20(23,10-12-22)14-18-13-19(21-24-18)17-7-5-4-6-8-17/h3-8,13,23H,9-12,14-15H2,1-2H3/b16-3+. The molecule has 3 rings (SSSR count). The van der Waals surface area contributed by atoms with E-state index in [2.05, 4.69) is 30.0 Å². The van der Waals surface area contributed by atoms with Crippen molar-refractivity contribution in [3.63, 3.8) is 0 Å². The minimum absolute atomic E-state index is 0.531. The van der Waals surface area contributed by atoms with E-state index in [-0.39, 0.29) is 0 Å². The number of aliphatic hydroxyl groups is 1. The van der Waals surface area contributed by atoms with Crippen LogP contribution in [0.5, 0.6) is 0 Å². The Hall–Kier alpha value is -1.91. The van der Waals surface area contributed by atoms with Crippen LogP contribution in [0.2, 0.25) is 0 Å². The van der Waals surface area contributed by atoms with Crippen molar-refractivity contribution in [2.75, 3.05) is 19.6 Å². The van der Waals surface area contributed by atoms with Crippen LogP contribution in [0.4, 0.5) is 0 Å². The predicted octanol–water partition coefficient (Wildman–Crippen LogP) is 3.68. The van der Waals surface area contributed by atoms with Crippen LogP contribution in [0.25, 0.3) is 11.3 Å². The largest absolute Gasteiger partial charge is 0.389 e. The molecule has 1 N–H and O–H groups in total. The summed E-state index contributed by atoms with van der Waals surface area (Å²) in [5.74, 6) is 0.759. The van der Waals surface area contributed by atoms with Gasteiger partial charge in [0.25, 0.3) is 0 Å². The summed E-state index contributed by atoms with van der Waals surface area (Å²) in [7, 11) is 0. The van der Waals surface area contributed by atoms with Crippen molar-refractivity contribution in [2.45, 2.75) is 38.7 Å². The summed E-state index contributed by atoms with van der Waals surface area (Å²) in [6.45, 7) is 7.06. The molecule has 1 fully saturated rings. The first-order chi connectivity index (χ1) is 11.6. The second kappa shape index (κ2) is 7.32. The van der Waals surface area contributed by atoms with Gasteiger partial charge < -0.3 is 9.63 Å². The number of hydrogen-bond acceptors (Lipinski definition) is 4. The Kier molecular flexibility index (Phi) is 5.17. The maximum absolute atomic E-state index is 10.9.